The predicted molar refractivity (Wildman–Crippen MR) is 130 cm³/mol. The number of rotatable bonds is 6. The van der Waals surface area contributed by atoms with E-state index in [1.165, 1.54) is 6.07 Å². The van der Waals surface area contributed by atoms with Crippen molar-refractivity contribution in [2.45, 2.75) is 38.6 Å². The Bertz CT molecular complexity index is 908. The third-order valence-corrected chi connectivity index (χ3v) is 5.43. The smallest absolute Gasteiger partial charge is 0.340 e. The quantitative estimate of drug-likeness (QED) is 0.191. The van der Waals surface area contributed by atoms with Gasteiger partial charge in [0.2, 0.25) is 0 Å². The third-order valence-electron chi connectivity index (χ3n) is 5.26. The first kappa shape index (κ1) is 26.0. The maximum absolute atomic E-state index is 11.6. The molecule has 0 aromatic heterocycles. The molecule has 1 saturated carbocycles. The maximum atomic E-state index is 11.6. The second-order valence-electron chi connectivity index (χ2n) is 8.01. The first-order valence-corrected chi connectivity index (χ1v) is 11.3. The first-order chi connectivity index (χ1) is 15.8. The number of phenols is 3. The average molecular weight is 476 g/mol. The van der Waals surface area contributed by atoms with Crippen LogP contribution < -0.4 is 5.32 Å². The van der Waals surface area contributed by atoms with E-state index in [1.54, 1.807) is 42.5 Å². The molecule has 1 aliphatic carbocycles. The monoisotopic (exact) mass is 475 g/mol. The summed E-state index contributed by atoms with van der Waals surface area (Å²) in [6, 6.07) is 10.9. The molecular formula is C24H30ClN3O5. The number of urea groups is 1. The minimum Gasteiger partial charge on any atom is -0.508 e. The number of nitroso groups, excluding NO2 is 1. The van der Waals surface area contributed by atoms with Gasteiger partial charge < -0.3 is 20.6 Å². The van der Waals surface area contributed by atoms with Gasteiger partial charge in [0.15, 0.2) is 0 Å². The molecule has 0 unspecified atom stereocenters. The van der Waals surface area contributed by atoms with Crippen LogP contribution in [0.4, 0.5) is 4.79 Å². The van der Waals surface area contributed by atoms with Crippen molar-refractivity contribution in [2.75, 3.05) is 12.4 Å². The molecule has 2 amide bonds. The van der Waals surface area contributed by atoms with Gasteiger partial charge in [0.05, 0.1) is 11.8 Å². The molecule has 1 fully saturated rings. The van der Waals surface area contributed by atoms with Gasteiger partial charge in [-0.05, 0) is 67.0 Å². The number of carbonyl (C=O) groups is 1. The number of benzene rings is 2. The van der Waals surface area contributed by atoms with Gasteiger partial charge in [-0.1, -0.05) is 31.2 Å². The summed E-state index contributed by atoms with van der Waals surface area (Å²) in [6.45, 7) is 2.37. The Kier molecular flexibility index (Phi) is 10.5. The van der Waals surface area contributed by atoms with E-state index in [1.807, 2.05) is 6.08 Å². The molecule has 1 aliphatic rings. The molecule has 0 heterocycles. The van der Waals surface area contributed by atoms with E-state index in [0.29, 0.717) is 5.56 Å². The molecule has 178 valence electrons. The van der Waals surface area contributed by atoms with Crippen LogP contribution in [-0.2, 0) is 0 Å². The second kappa shape index (κ2) is 13.3. The van der Waals surface area contributed by atoms with Crippen molar-refractivity contribution in [1.29, 1.82) is 0 Å². The van der Waals surface area contributed by atoms with Crippen LogP contribution in [0.1, 0.15) is 43.7 Å². The van der Waals surface area contributed by atoms with E-state index in [2.05, 4.69) is 17.5 Å². The van der Waals surface area contributed by atoms with Crippen LogP contribution in [0.15, 0.2) is 47.8 Å². The van der Waals surface area contributed by atoms with Crippen molar-refractivity contribution < 1.29 is 20.1 Å². The van der Waals surface area contributed by atoms with E-state index in [0.717, 1.165) is 42.2 Å². The van der Waals surface area contributed by atoms with Crippen molar-refractivity contribution in [3.05, 3.63) is 58.5 Å². The molecule has 8 nitrogen and oxygen atoms in total. The maximum Gasteiger partial charge on any atom is 0.340 e. The summed E-state index contributed by atoms with van der Waals surface area (Å²) in [7, 11) is 0. The number of nitrogens with one attached hydrogen (secondary N) is 1. The predicted octanol–water partition coefficient (Wildman–Crippen LogP) is 5.47. The van der Waals surface area contributed by atoms with E-state index in [4.69, 9.17) is 16.7 Å². The Morgan fingerprint density at radius 1 is 1.00 bits per heavy atom. The van der Waals surface area contributed by atoms with Gasteiger partial charge in [0, 0.05) is 18.0 Å². The van der Waals surface area contributed by atoms with Gasteiger partial charge in [-0.3, -0.25) is 0 Å². The van der Waals surface area contributed by atoms with E-state index >= 15 is 0 Å². The fraction of sp³-hybridized carbons (Fsp3) is 0.375. The van der Waals surface area contributed by atoms with Crippen molar-refractivity contribution in [2.24, 2.45) is 11.2 Å². The highest BCUT2D eigenvalue weighted by Gasteiger charge is 2.22. The number of aromatic hydroxyl groups is 3. The molecule has 0 aliphatic heterocycles. The zero-order valence-electron chi connectivity index (χ0n) is 18.5. The second-order valence-corrected chi connectivity index (χ2v) is 8.39. The van der Waals surface area contributed by atoms with Crippen LogP contribution in [0.5, 0.6) is 17.2 Å². The number of hydrogen-bond acceptors (Lipinski definition) is 6. The lowest BCUT2D eigenvalue weighted by molar-refractivity contribution is 0.191. The number of amides is 2. The fourth-order valence-corrected chi connectivity index (χ4v) is 3.57. The summed E-state index contributed by atoms with van der Waals surface area (Å²) in [5, 5.41) is 34.0. The Morgan fingerprint density at radius 2 is 1.58 bits per heavy atom. The summed E-state index contributed by atoms with van der Waals surface area (Å²) in [5.41, 5.74) is 1.63. The molecule has 4 N–H and O–H groups in total. The summed E-state index contributed by atoms with van der Waals surface area (Å²) < 4.78 is 0. The van der Waals surface area contributed by atoms with Crippen LogP contribution in [-0.4, -0.2) is 44.8 Å². The summed E-state index contributed by atoms with van der Waals surface area (Å²) in [6.07, 6.45) is 7.78. The third kappa shape index (κ3) is 9.41. The van der Waals surface area contributed by atoms with Gasteiger partial charge in [-0.2, -0.15) is 5.01 Å². The highest BCUT2D eigenvalue weighted by molar-refractivity contribution is 6.18. The molecule has 9 heteroatoms. The van der Waals surface area contributed by atoms with Crippen LogP contribution in [0.2, 0.25) is 0 Å². The molecule has 0 bridgehead atoms. The molecule has 3 rings (SSSR count). The lowest BCUT2D eigenvalue weighted by Gasteiger charge is -2.27. The minimum absolute atomic E-state index is 0.0235. The van der Waals surface area contributed by atoms with Gasteiger partial charge >= 0.3 is 6.03 Å². The van der Waals surface area contributed by atoms with Crippen molar-refractivity contribution in [3.8, 4) is 17.2 Å². The number of alkyl halides is 1. The van der Waals surface area contributed by atoms with Gasteiger partial charge in [-0.25, -0.2) is 4.79 Å². The van der Waals surface area contributed by atoms with Crippen LogP contribution in [0, 0.1) is 10.8 Å². The molecule has 33 heavy (non-hydrogen) atoms. The van der Waals surface area contributed by atoms with Gasteiger partial charge in [0.25, 0.3) is 0 Å². The zero-order chi connectivity index (χ0) is 24.2. The van der Waals surface area contributed by atoms with E-state index in [-0.39, 0.29) is 35.7 Å². The molecule has 0 spiro atoms. The van der Waals surface area contributed by atoms with Crippen molar-refractivity contribution in [3.63, 3.8) is 0 Å². The largest absolute Gasteiger partial charge is 0.508 e. The Balaban J connectivity index is 0.000000234. The van der Waals surface area contributed by atoms with Crippen LogP contribution in [0.3, 0.4) is 0 Å². The highest BCUT2D eigenvalue weighted by atomic mass is 35.5. The number of halogens is 1. The fourth-order valence-electron chi connectivity index (χ4n) is 3.41. The Morgan fingerprint density at radius 3 is 2.12 bits per heavy atom. The average Bonchev–Trinajstić information content (AvgIpc) is 2.78. The number of hydrogen-bond donors (Lipinski definition) is 4. The molecule has 0 radical (unpaired) electrons. The lowest BCUT2D eigenvalue weighted by Crippen LogP contribution is -2.44. The highest BCUT2D eigenvalue weighted by Crippen LogP contribution is 2.24. The van der Waals surface area contributed by atoms with E-state index < -0.39 is 6.03 Å². The van der Waals surface area contributed by atoms with Crippen LogP contribution >= 0.6 is 11.6 Å². The van der Waals surface area contributed by atoms with Crippen molar-refractivity contribution in [1.82, 2.24) is 10.3 Å². The minimum atomic E-state index is -0.435. The number of phenolic OH excluding ortho intramolecular Hbond substituents is 3. The Labute approximate surface area is 198 Å². The Hall–Kier alpha value is -3.26. The summed E-state index contributed by atoms with van der Waals surface area (Å²) in [4.78, 5) is 22.0. The molecule has 2 aromatic rings. The SMILES string of the molecule is CC1CCC(NC(=O)N(CCCl)N=O)CC1.Oc1ccc(C=Cc2cc(O)cc(O)c2)cc1. The van der Waals surface area contributed by atoms with E-state index in [9.17, 15) is 19.9 Å². The zero-order valence-corrected chi connectivity index (χ0v) is 19.3. The topological polar surface area (TPSA) is 122 Å². The van der Waals surface area contributed by atoms with Crippen LogP contribution in [0.25, 0.3) is 12.2 Å². The van der Waals surface area contributed by atoms with Crippen molar-refractivity contribution >= 4 is 29.8 Å². The van der Waals surface area contributed by atoms with Gasteiger partial charge in [0.1, 0.15) is 17.2 Å². The summed E-state index contributed by atoms with van der Waals surface area (Å²) in [5.74, 6) is 1.21. The number of nitrogens with zero attached hydrogens (tertiary/aromatic N) is 2. The normalized spacial score (nSPS) is 17.6. The molecular weight excluding hydrogens is 446 g/mol. The molecule has 0 atom stereocenters. The standard InChI is InChI=1S/C14H12O3.C10H18ClN3O2/c15-12-5-3-10(4-6-12)1-2-11-7-13(16)9-14(17)8-11;1-8-2-4-9(5-3-8)12-10(15)14(13-16)7-6-11/h1-9,15-17H;8-9H,2-7H2,1H3,(H,12,15). The molecule has 2 aromatic carbocycles. The lowest BCUT2D eigenvalue weighted by atomic mass is 9.87. The van der Waals surface area contributed by atoms with Gasteiger partial charge in [-0.15, -0.1) is 16.5 Å². The molecule has 0 saturated heterocycles. The first-order valence-electron chi connectivity index (χ1n) is 10.8. The summed E-state index contributed by atoms with van der Waals surface area (Å²) >= 11 is 5.46. The number of carbonyl (C=O) groups excluding carboxylic acids is 1.